The summed E-state index contributed by atoms with van der Waals surface area (Å²) < 4.78 is 2.27. The molecule has 2 unspecified atom stereocenters. The van der Waals surface area contributed by atoms with E-state index in [1.165, 1.54) is 12.2 Å². The van der Waals surface area contributed by atoms with E-state index in [0.717, 1.165) is 50.2 Å². The molecule has 2 atom stereocenters. The third kappa shape index (κ3) is 3.87. The van der Waals surface area contributed by atoms with Gasteiger partial charge >= 0.3 is 0 Å². The topological polar surface area (TPSA) is 58.3 Å². The molecule has 7 heteroatoms. The van der Waals surface area contributed by atoms with Gasteiger partial charge < -0.3 is 14.8 Å². The first-order valence-corrected chi connectivity index (χ1v) is 10.1. The summed E-state index contributed by atoms with van der Waals surface area (Å²) in [6.07, 6.45) is 2.20. The molecule has 0 aromatic carbocycles. The van der Waals surface area contributed by atoms with Crippen LogP contribution in [0.2, 0.25) is 0 Å². The van der Waals surface area contributed by atoms with Crippen LogP contribution in [0.4, 0.5) is 0 Å². The summed E-state index contributed by atoms with van der Waals surface area (Å²) in [5, 5.41) is 12.8. The monoisotopic (exact) mass is 350 g/mol. The number of nitrogens with zero attached hydrogens (tertiary/aromatic N) is 5. The second-order valence-electron chi connectivity index (χ2n) is 7.21. The zero-order chi connectivity index (χ0) is 17.1. The number of nitrogens with one attached hydrogen (secondary N) is 1. The van der Waals surface area contributed by atoms with Crippen molar-refractivity contribution in [2.24, 2.45) is 16.8 Å². The predicted molar refractivity (Wildman–Crippen MR) is 101 cm³/mol. The van der Waals surface area contributed by atoms with Gasteiger partial charge in [-0.1, -0.05) is 13.8 Å². The number of hydrogen-bond donors (Lipinski definition) is 1. The molecule has 2 aliphatic rings. The Morgan fingerprint density at radius 2 is 2.21 bits per heavy atom. The smallest absolute Gasteiger partial charge is 0.193 e. The Hall–Kier alpha value is -1.24. The Morgan fingerprint density at radius 1 is 1.38 bits per heavy atom. The van der Waals surface area contributed by atoms with Crippen molar-refractivity contribution >= 4 is 17.7 Å². The highest BCUT2D eigenvalue weighted by atomic mass is 32.2. The van der Waals surface area contributed by atoms with Crippen molar-refractivity contribution in [2.75, 3.05) is 32.4 Å². The highest BCUT2D eigenvalue weighted by molar-refractivity contribution is 8.00. The number of aryl methyl sites for hydroxylation is 2. The van der Waals surface area contributed by atoms with E-state index >= 15 is 0 Å². The van der Waals surface area contributed by atoms with Crippen LogP contribution in [0, 0.1) is 18.8 Å². The lowest BCUT2D eigenvalue weighted by atomic mass is 9.99. The molecule has 3 rings (SSSR count). The molecule has 0 aliphatic carbocycles. The van der Waals surface area contributed by atoms with Crippen molar-refractivity contribution in [3.05, 3.63) is 11.6 Å². The average Bonchev–Trinajstić information content (AvgIpc) is 2.96. The summed E-state index contributed by atoms with van der Waals surface area (Å²) in [7, 11) is 1.90. The Morgan fingerprint density at radius 3 is 2.96 bits per heavy atom. The maximum Gasteiger partial charge on any atom is 0.193 e. The van der Waals surface area contributed by atoms with Crippen molar-refractivity contribution < 1.29 is 0 Å². The maximum absolute atomic E-state index is 4.53. The summed E-state index contributed by atoms with van der Waals surface area (Å²) in [6, 6.07) is 0. The fourth-order valence-electron chi connectivity index (χ4n) is 3.54. The van der Waals surface area contributed by atoms with E-state index < -0.39 is 0 Å². The molecule has 0 bridgehead atoms. The van der Waals surface area contributed by atoms with E-state index in [1.54, 1.807) is 0 Å². The van der Waals surface area contributed by atoms with Gasteiger partial charge in [0.1, 0.15) is 11.6 Å². The molecule has 1 saturated heterocycles. The molecule has 1 fully saturated rings. The maximum atomic E-state index is 4.53. The second-order valence-corrected chi connectivity index (χ2v) is 8.55. The molecule has 134 valence electrons. The van der Waals surface area contributed by atoms with Gasteiger partial charge in [-0.25, -0.2) is 0 Å². The molecule has 0 amide bonds. The molecule has 1 aromatic heterocycles. The standard InChI is InChI=1S/C17H30N6S/c1-12(2)15-11-22(7-8-24-15)17(18-4)19-9-14-5-6-16-21-20-13(3)23(16)10-14/h12,14-15H,5-11H2,1-4H3,(H,18,19). The quantitative estimate of drug-likeness (QED) is 0.665. The zero-order valence-corrected chi connectivity index (χ0v) is 16.1. The minimum atomic E-state index is 0.615. The minimum Gasteiger partial charge on any atom is -0.356 e. The lowest BCUT2D eigenvalue weighted by Crippen LogP contribution is -2.50. The molecule has 3 heterocycles. The van der Waals surface area contributed by atoms with Crippen molar-refractivity contribution in [2.45, 2.75) is 45.4 Å². The van der Waals surface area contributed by atoms with Gasteiger partial charge in [-0.2, -0.15) is 11.8 Å². The van der Waals surface area contributed by atoms with Crippen LogP contribution < -0.4 is 5.32 Å². The van der Waals surface area contributed by atoms with Crippen molar-refractivity contribution in [1.82, 2.24) is 25.0 Å². The van der Waals surface area contributed by atoms with Crippen LogP contribution in [0.5, 0.6) is 0 Å². The highest BCUT2D eigenvalue weighted by Crippen LogP contribution is 2.25. The van der Waals surface area contributed by atoms with Gasteiger partial charge in [0.15, 0.2) is 5.96 Å². The molecule has 0 spiro atoms. The number of aliphatic imine (C=N–C) groups is 1. The molecule has 0 saturated carbocycles. The van der Waals surface area contributed by atoms with Crippen LogP contribution in [0.1, 0.15) is 31.9 Å². The fraction of sp³-hybridized carbons (Fsp3) is 0.824. The van der Waals surface area contributed by atoms with Gasteiger partial charge in [-0.05, 0) is 25.2 Å². The SMILES string of the molecule is CN=C(NCC1CCc2nnc(C)n2C1)N1CCSC(C(C)C)C1. The summed E-state index contributed by atoms with van der Waals surface area (Å²) in [5.41, 5.74) is 0. The van der Waals surface area contributed by atoms with Gasteiger partial charge in [0.05, 0.1) is 0 Å². The van der Waals surface area contributed by atoms with Gasteiger partial charge in [-0.15, -0.1) is 10.2 Å². The molecule has 0 radical (unpaired) electrons. The van der Waals surface area contributed by atoms with Crippen LogP contribution in [0.25, 0.3) is 0 Å². The van der Waals surface area contributed by atoms with Crippen molar-refractivity contribution in [3.8, 4) is 0 Å². The van der Waals surface area contributed by atoms with E-state index in [4.69, 9.17) is 0 Å². The lowest BCUT2D eigenvalue weighted by molar-refractivity contribution is 0.342. The third-order valence-electron chi connectivity index (χ3n) is 5.13. The van der Waals surface area contributed by atoms with Gasteiger partial charge in [0.25, 0.3) is 0 Å². The molecule has 1 N–H and O–H groups in total. The number of guanidine groups is 1. The average molecular weight is 351 g/mol. The largest absolute Gasteiger partial charge is 0.356 e. The Labute approximate surface area is 149 Å². The van der Waals surface area contributed by atoms with Crippen LogP contribution >= 0.6 is 11.8 Å². The molecule has 2 aliphatic heterocycles. The number of thioether (sulfide) groups is 1. The van der Waals surface area contributed by atoms with Gasteiger partial charge in [-0.3, -0.25) is 4.99 Å². The summed E-state index contributed by atoms with van der Waals surface area (Å²) in [4.78, 5) is 6.96. The van der Waals surface area contributed by atoms with Gasteiger partial charge in [0.2, 0.25) is 0 Å². The van der Waals surface area contributed by atoms with E-state index in [-0.39, 0.29) is 0 Å². The highest BCUT2D eigenvalue weighted by Gasteiger charge is 2.26. The van der Waals surface area contributed by atoms with E-state index in [2.05, 4.69) is 55.6 Å². The summed E-state index contributed by atoms with van der Waals surface area (Å²) in [5.74, 6) is 5.75. The first-order valence-electron chi connectivity index (χ1n) is 9.04. The number of aromatic nitrogens is 3. The number of fused-ring (bicyclic) bond motifs is 1. The minimum absolute atomic E-state index is 0.615. The van der Waals surface area contributed by atoms with Crippen molar-refractivity contribution in [1.29, 1.82) is 0 Å². The Kier molecular flexibility index (Phi) is 5.69. The van der Waals surface area contributed by atoms with Gasteiger partial charge in [0, 0.05) is 50.7 Å². The van der Waals surface area contributed by atoms with Crippen LogP contribution in [0.3, 0.4) is 0 Å². The number of rotatable bonds is 3. The Bertz CT molecular complexity index is 582. The Balaban J connectivity index is 1.54. The predicted octanol–water partition coefficient (Wildman–Crippen LogP) is 1.80. The van der Waals surface area contributed by atoms with E-state index in [0.29, 0.717) is 17.1 Å². The first kappa shape index (κ1) is 17.6. The molecule has 24 heavy (non-hydrogen) atoms. The van der Waals surface area contributed by atoms with Crippen molar-refractivity contribution in [3.63, 3.8) is 0 Å². The fourth-order valence-corrected chi connectivity index (χ4v) is 4.83. The molecule has 6 nitrogen and oxygen atoms in total. The third-order valence-corrected chi connectivity index (χ3v) is 6.67. The lowest BCUT2D eigenvalue weighted by Gasteiger charge is -2.37. The molecule has 1 aromatic rings. The normalized spacial score (nSPS) is 25.0. The number of hydrogen-bond acceptors (Lipinski definition) is 4. The van der Waals surface area contributed by atoms with E-state index in [9.17, 15) is 0 Å². The van der Waals surface area contributed by atoms with Crippen LogP contribution in [-0.4, -0.2) is 63.3 Å². The first-order chi connectivity index (χ1) is 11.6. The second kappa shape index (κ2) is 7.76. The molecular weight excluding hydrogens is 320 g/mol. The molecular formula is C17H30N6S. The zero-order valence-electron chi connectivity index (χ0n) is 15.3. The van der Waals surface area contributed by atoms with Crippen LogP contribution in [-0.2, 0) is 13.0 Å². The van der Waals surface area contributed by atoms with E-state index in [1.807, 2.05) is 14.0 Å². The summed E-state index contributed by atoms with van der Waals surface area (Å²) >= 11 is 2.10. The van der Waals surface area contributed by atoms with Crippen LogP contribution in [0.15, 0.2) is 4.99 Å². The summed E-state index contributed by atoms with van der Waals surface area (Å²) in [6.45, 7) is 10.9.